The van der Waals surface area contributed by atoms with Crippen LogP contribution >= 0.6 is 0 Å². The fraction of sp³-hybridized carbons (Fsp3) is 1.00. The molecule has 0 aromatic heterocycles. The van der Waals surface area contributed by atoms with Gasteiger partial charge in [-0.1, -0.05) is 13.3 Å². The van der Waals surface area contributed by atoms with Crippen molar-refractivity contribution in [3.63, 3.8) is 0 Å². The van der Waals surface area contributed by atoms with Crippen LogP contribution in [-0.4, -0.2) is 46.7 Å². The molecule has 5 heteroatoms. The third-order valence-electron chi connectivity index (χ3n) is 2.21. The van der Waals surface area contributed by atoms with Gasteiger partial charge < -0.3 is 24.8 Å². The van der Waals surface area contributed by atoms with Crippen LogP contribution in [0, 0.1) is 0 Å². The van der Waals surface area contributed by atoms with Gasteiger partial charge in [0, 0.05) is 13.0 Å². The van der Waals surface area contributed by atoms with E-state index in [1.807, 2.05) is 6.92 Å². The van der Waals surface area contributed by atoms with Crippen molar-refractivity contribution in [2.75, 3.05) is 6.61 Å². The average molecular weight is 206 g/mol. The van der Waals surface area contributed by atoms with Crippen molar-refractivity contribution in [2.45, 2.75) is 51.0 Å². The molecule has 0 amide bonds. The zero-order valence-electron chi connectivity index (χ0n) is 8.30. The van der Waals surface area contributed by atoms with Crippen LogP contribution in [0.2, 0.25) is 0 Å². The second-order valence-corrected chi connectivity index (χ2v) is 3.47. The molecule has 3 N–H and O–H groups in total. The largest absolute Gasteiger partial charge is 0.390 e. The number of hydrogen-bond acceptors (Lipinski definition) is 5. The van der Waals surface area contributed by atoms with Crippen molar-refractivity contribution in [1.82, 2.24) is 0 Å². The van der Waals surface area contributed by atoms with Gasteiger partial charge in [0.25, 0.3) is 0 Å². The minimum absolute atomic E-state index is 0.196. The van der Waals surface area contributed by atoms with Crippen molar-refractivity contribution in [3.8, 4) is 0 Å². The maximum absolute atomic E-state index is 9.31. The van der Waals surface area contributed by atoms with Crippen molar-refractivity contribution in [2.24, 2.45) is 0 Å². The highest BCUT2D eigenvalue weighted by Crippen LogP contribution is 2.19. The molecule has 14 heavy (non-hydrogen) atoms. The zero-order chi connectivity index (χ0) is 10.6. The van der Waals surface area contributed by atoms with E-state index in [2.05, 4.69) is 0 Å². The van der Waals surface area contributed by atoms with E-state index in [4.69, 9.17) is 19.7 Å². The highest BCUT2D eigenvalue weighted by atomic mass is 16.7. The van der Waals surface area contributed by atoms with Gasteiger partial charge in [0.15, 0.2) is 12.6 Å². The molecule has 1 heterocycles. The smallest absolute Gasteiger partial charge is 0.186 e. The quantitative estimate of drug-likeness (QED) is 0.545. The highest BCUT2D eigenvalue weighted by Gasteiger charge is 2.35. The first kappa shape index (κ1) is 11.9. The molecule has 0 spiro atoms. The molecule has 0 aromatic carbocycles. The fourth-order valence-electron chi connectivity index (χ4n) is 1.28. The van der Waals surface area contributed by atoms with Crippen LogP contribution in [0.1, 0.15) is 26.2 Å². The van der Waals surface area contributed by atoms with Gasteiger partial charge in [-0.05, 0) is 6.42 Å². The second kappa shape index (κ2) is 5.63. The van der Waals surface area contributed by atoms with Gasteiger partial charge in [-0.3, -0.25) is 0 Å². The van der Waals surface area contributed by atoms with Crippen molar-refractivity contribution in [1.29, 1.82) is 0 Å². The number of aliphatic hydroxyl groups excluding tert-OH is 3. The number of ether oxygens (including phenoxy) is 2. The first-order valence-corrected chi connectivity index (χ1v) is 4.96. The Hall–Kier alpha value is -0.200. The molecule has 1 saturated heterocycles. The normalized spacial score (nSPS) is 38.6. The van der Waals surface area contributed by atoms with Gasteiger partial charge in [-0.2, -0.15) is 0 Å². The molecular formula is C9H18O5. The molecule has 0 bridgehead atoms. The van der Waals surface area contributed by atoms with Crippen molar-refractivity contribution < 1.29 is 24.8 Å². The Balaban J connectivity index is 2.27. The molecule has 0 saturated carbocycles. The van der Waals surface area contributed by atoms with E-state index in [-0.39, 0.29) is 6.42 Å². The lowest BCUT2D eigenvalue weighted by molar-refractivity contribution is -0.305. The summed E-state index contributed by atoms with van der Waals surface area (Å²) < 4.78 is 10.2. The molecular weight excluding hydrogens is 188 g/mol. The molecule has 2 unspecified atom stereocenters. The van der Waals surface area contributed by atoms with E-state index >= 15 is 0 Å². The van der Waals surface area contributed by atoms with Crippen LogP contribution in [0.4, 0.5) is 0 Å². The van der Waals surface area contributed by atoms with E-state index in [1.165, 1.54) is 0 Å². The van der Waals surface area contributed by atoms with Crippen LogP contribution in [0.15, 0.2) is 0 Å². The van der Waals surface area contributed by atoms with E-state index in [9.17, 15) is 5.11 Å². The second-order valence-electron chi connectivity index (χ2n) is 3.47. The summed E-state index contributed by atoms with van der Waals surface area (Å²) in [6, 6.07) is 0. The Bertz CT molecular complexity index is 151. The number of aliphatic hydroxyl groups is 3. The predicted molar refractivity (Wildman–Crippen MR) is 48.4 cm³/mol. The molecule has 0 aliphatic carbocycles. The molecule has 1 rings (SSSR count). The fourth-order valence-corrected chi connectivity index (χ4v) is 1.28. The van der Waals surface area contributed by atoms with Crippen LogP contribution in [0.3, 0.4) is 0 Å². The van der Waals surface area contributed by atoms with E-state index in [1.54, 1.807) is 0 Å². The maximum atomic E-state index is 9.31. The maximum Gasteiger partial charge on any atom is 0.186 e. The summed E-state index contributed by atoms with van der Waals surface area (Å²) >= 11 is 0. The minimum Gasteiger partial charge on any atom is -0.390 e. The monoisotopic (exact) mass is 206 g/mol. The van der Waals surface area contributed by atoms with Gasteiger partial charge in [-0.15, -0.1) is 0 Å². The van der Waals surface area contributed by atoms with E-state index in [0.717, 1.165) is 12.8 Å². The number of rotatable bonds is 4. The molecule has 4 atom stereocenters. The Kier molecular flexibility index (Phi) is 4.77. The summed E-state index contributed by atoms with van der Waals surface area (Å²) in [5, 5.41) is 27.6. The van der Waals surface area contributed by atoms with Crippen LogP contribution in [0.5, 0.6) is 0 Å². The summed E-state index contributed by atoms with van der Waals surface area (Å²) in [7, 11) is 0. The van der Waals surface area contributed by atoms with Crippen LogP contribution in [0.25, 0.3) is 0 Å². The highest BCUT2D eigenvalue weighted by molar-refractivity contribution is 4.76. The summed E-state index contributed by atoms with van der Waals surface area (Å²) in [6.07, 6.45) is -2.07. The summed E-state index contributed by atoms with van der Waals surface area (Å²) in [5.74, 6) is 0. The minimum atomic E-state index is -1.36. The Morgan fingerprint density at radius 1 is 1.36 bits per heavy atom. The zero-order valence-corrected chi connectivity index (χ0v) is 8.30. The third kappa shape index (κ3) is 3.18. The van der Waals surface area contributed by atoms with E-state index in [0.29, 0.717) is 6.61 Å². The lowest BCUT2D eigenvalue weighted by atomic mass is 10.1. The summed E-state index contributed by atoms with van der Waals surface area (Å²) in [5.41, 5.74) is 0. The van der Waals surface area contributed by atoms with Gasteiger partial charge in [0.1, 0.15) is 6.10 Å². The van der Waals surface area contributed by atoms with Crippen molar-refractivity contribution in [3.05, 3.63) is 0 Å². The predicted octanol–water partition coefficient (Wildman–Crippen LogP) is -0.410. The molecule has 1 aliphatic rings. The third-order valence-corrected chi connectivity index (χ3v) is 2.21. The lowest BCUT2D eigenvalue weighted by Gasteiger charge is -2.33. The standard InChI is InChI=1S/C9H18O5/c1-2-3-4-13-7-5-6(10)8(11)9(12)14-7/h6-12H,2-5H2,1H3/t6-,7?,8+,9?/m0/s1. The lowest BCUT2D eigenvalue weighted by Crippen LogP contribution is -2.48. The van der Waals surface area contributed by atoms with E-state index < -0.39 is 24.8 Å². The Labute approximate surface area is 83.3 Å². The molecule has 5 nitrogen and oxygen atoms in total. The van der Waals surface area contributed by atoms with Gasteiger partial charge in [-0.25, -0.2) is 0 Å². The number of unbranched alkanes of at least 4 members (excludes halogenated alkanes) is 1. The molecule has 1 aliphatic heterocycles. The SMILES string of the molecule is CCCCOC1C[C@H](O)[C@@H](O)C(O)O1. The van der Waals surface area contributed by atoms with Crippen LogP contribution in [-0.2, 0) is 9.47 Å². The van der Waals surface area contributed by atoms with Crippen molar-refractivity contribution >= 4 is 0 Å². The Morgan fingerprint density at radius 2 is 2.07 bits per heavy atom. The first-order chi connectivity index (χ1) is 6.65. The number of hydrogen-bond donors (Lipinski definition) is 3. The van der Waals surface area contributed by atoms with Gasteiger partial charge >= 0.3 is 0 Å². The average Bonchev–Trinajstić information content (AvgIpc) is 2.14. The summed E-state index contributed by atoms with van der Waals surface area (Å²) in [4.78, 5) is 0. The summed E-state index contributed by atoms with van der Waals surface area (Å²) in [6.45, 7) is 2.58. The molecule has 84 valence electrons. The molecule has 0 radical (unpaired) electrons. The molecule has 1 fully saturated rings. The van der Waals surface area contributed by atoms with Crippen LogP contribution < -0.4 is 0 Å². The van der Waals surface area contributed by atoms with Gasteiger partial charge in [0.05, 0.1) is 6.10 Å². The molecule has 0 aromatic rings. The topological polar surface area (TPSA) is 79.2 Å². The first-order valence-electron chi connectivity index (χ1n) is 4.96. The van der Waals surface area contributed by atoms with Gasteiger partial charge in [0.2, 0.25) is 0 Å². The Morgan fingerprint density at radius 3 is 2.64 bits per heavy atom.